The highest BCUT2D eigenvalue weighted by Crippen LogP contribution is 2.27. The predicted molar refractivity (Wildman–Crippen MR) is 73.5 cm³/mol. The van der Waals surface area contributed by atoms with Crippen LogP contribution >= 0.6 is 0 Å². The Balaban J connectivity index is 1.88. The van der Waals surface area contributed by atoms with E-state index in [-0.39, 0.29) is 17.7 Å². The molecule has 19 heavy (non-hydrogen) atoms. The monoisotopic (exact) mass is 291 g/mol. The van der Waals surface area contributed by atoms with Gasteiger partial charge < -0.3 is 9.47 Å². The first-order valence-electron chi connectivity index (χ1n) is 7.09. The van der Waals surface area contributed by atoms with Crippen LogP contribution in [-0.4, -0.2) is 58.0 Å². The first-order valence-corrected chi connectivity index (χ1v) is 8.70. The number of sulfonamides is 1. The van der Waals surface area contributed by atoms with Crippen molar-refractivity contribution in [3.05, 3.63) is 0 Å². The molecule has 0 amide bonds. The molecule has 0 radical (unpaired) electrons. The van der Waals surface area contributed by atoms with E-state index in [9.17, 15) is 8.42 Å². The van der Waals surface area contributed by atoms with Crippen LogP contribution in [0.5, 0.6) is 0 Å². The van der Waals surface area contributed by atoms with Gasteiger partial charge in [0.2, 0.25) is 10.0 Å². The molecule has 0 unspecified atom stereocenters. The van der Waals surface area contributed by atoms with Crippen LogP contribution in [0.3, 0.4) is 0 Å². The predicted octanol–water partition coefficient (Wildman–Crippen LogP) is 1.24. The molecule has 0 bridgehead atoms. The van der Waals surface area contributed by atoms with Crippen LogP contribution < -0.4 is 0 Å². The maximum atomic E-state index is 12.4. The Morgan fingerprint density at radius 1 is 1.21 bits per heavy atom. The second-order valence-corrected chi connectivity index (χ2v) is 7.76. The third kappa shape index (κ3) is 3.90. The summed E-state index contributed by atoms with van der Waals surface area (Å²) in [4.78, 5) is 0. The van der Waals surface area contributed by atoms with Crippen molar-refractivity contribution in [2.24, 2.45) is 5.92 Å². The molecule has 5 nitrogen and oxygen atoms in total. The van der Waals surface area contributed by atoms with Crippen LogP contribution in [0.15, 0.2) is 0 Å². The summed E-state index contributed by atoms with van der Waals surface area (Å²) in [5, 5.41) is 0. The van der Waals surface area contributed by atoms with Gasteiger partial charge in [-0.15, -0.1) is 0 Å². The van der Waals surface area contributed by atoms with Gasteiger partial charge in [-0.05, 0) is 38.0 Å². The van der Waals surface area contributed by atoms with Gasteiger partial charge in [0.1, 0.15) is 0 Å². The van der Waals surface area contributed by atoms with Gasteiger partial charge in [-0.3, -0.25) is 0 Å². The molecule has 2 rings (SSSR count). The SMILES string of the molecule is COC1CCC(N(C)S(=O)(=O)C[C@H]2CCOC2)CC1. The molecule has 0 spiro atoms. The van der Waals surface area contributed by atoms with Crippen molar-refractivity contribution in [3.8, 4) is 0 Å². The van der Waals surface area contributed by atoms with Gasteiger partial charge in [0.25, 0.3) is 0 Å². The lowest BCUT2D eigenvalue weighted by Gasteiger charge is -2.33. The quantitative estimate of drug-likeness (QED) is 0.765. The van der Waals surface area contributed by atoms with Gasteiger partial charge in [0.05, 0.1) is 18.5 Å². The van der Waals surface area contributed by atoms with E-state index in [4.69, 9.17) is 9.47 Å². The Kier molecular flexibility index (Phi) is 5.22. The normalized spacial score (nSPS) is 32.9. The number of nitrogens with zero attached hydrogens (tertiary/aromatic N) is 1. The van der Waals surface area contributed by atoms with Gasteiger partial charge in [-0.25, -0.2) is 12.7 Å². The van der Waals surface area contributed by atoms with E-state index >= 15 is 0 Å². The van der Waals surface area contributed by atoms with Crippen LogP contribution in [0.25, 0.3) is 0 Å². The third-order valence-corrected chi connectivity index (χ3v) is 6.47. The molecule has 0 aromatic carbocycles. The highest BCUT2D eigenvalue weighted by Gasteiger charge is 2.32. The van der Waals surface area contributed by atoms with Crippen LogP contribution in [0.4, 0.5) is 0 Å². The Morgan fingerprint density at radius 2 is 1.89 bits per heavy atom. The Morgan fingerprint density at radius 3 is 2.42 bits per heavy atom. The van der Waals surface area contributed by atoms with Crippen LogP contribution in [-0.2, 0) is 19.5 Å². The van der Waals surface area contributed by atoms with Gasteiger partial charge in [-0.1, -0.05) is 0 Å². The number of rotatable bonds is 5. The van der Waals surface area contributed by atoms with Crippen LogP contribution in [0.2, 0.25) is 0 Å². The molecule has 1 heterocycles. The summed E-state index contributed by atoms with van der Waals surface area (Å²) in [6.45, 7) is 1.28. The molecule has 2 fully saturated rings. The average Bonchev–Trinajstić information content (AvgIpc) is 2.90. The summed E-state index contributed by atoms with van der Waals surface area (Å²) in [5.41, 5.74) is 0. The Labute approximate surface area is 116 Å². The lowest BCUT2D eigenvalue weighted by molar-refractivity contribution is 0.0552. The first kappa shape index (κ1) is 15.2. The summed E-state index contributed by atoms with van der Waals surface area (Å²) in [6.07, 6.45) is 4.87. The van der Waals surface area contributed by atoms with Crippen molar-refractivity contribution in [2.75, 3.05) is 33.1 Å². The summed E-state index contributed by atoms with van der Waals surface area (Å²) in [7, 11) is 0.298. The van der Waals surface area contributed by atoms with Crippen molar-refractivity contribution in [1.29, 1.82) is 0 Å². The molecule has 1 saturated heterocycles. The summed E-state index contributed by atoms with van der Waals surface area (Å²) < 4.78 is 36.9. The molecule has 6 heteroatoms. The van der Waals surface area contributed by atoms with Gasteiger partial charge in [0, 0.05) is 26.8 Å². The topological polar surface area (TPSA) is 55.8 Å². The summed E-state index contributed by atoms with van der Waals surface area (Å²) >= 11 is 0. The lowest BCUT2D eigenvalue weighted by atomic mass is 9.93. The standard InChI is InChI=1S/C13H25NO4S/c1-14(12-3-5-13(17-2)6-4-12)19(15,16)10-11-7-8-18-9-11/h11-13H,3-10H2,1-2H3/t11-,12?,13?/m0/s1. The molecule has 0 aromatic rings. The van der Waals surface area contributed by atoms with E-state index < -0.39 is 10.0 Å². The minimum Gasteiger partial charge on any atom is -0.381 e. The van der Waals surface area contributed by atoms with E-state index in [1.54, 1.807) is 18.5 Å². The molecule has 0 N–H and O–H groups in total. The van der Waals surface area contributed by atoms with E-state index in [0.717, 1.165) is 32.1 Å². The highest BCUT2D eigenvalue weighted by atomic mass is 32.2. The molecule has 1 saturated carbocycles. The van der Waals surface area contributed by atoms with E-state index in [2.05, 4.69) is 0 Å². The lowest BCUT2D eigenvalue weighted by Crippen LogP contribution is -2.42. The van der Waals surface area contributed by atoms with Crippen molar-refractivity contribution >= 4 is 10.0 Å². The molecule has 1 atom stereocenters. The van der Waals surface area contributed by atoms with Gasteiger partial charge in [0.15, 0.2) is 0 Å². The second kappa shape index (κ2) is 6.52. The highest BCUT2D eigenvalue weighted by molar-refractivity contribution is 7.89. The molecule has 2 aliphatic rings. The van der Waals surface area contributed by atoms with E-state index in [0.29, 0.717) is 19.3 Å². The number of ether oxygens (including phenoxy) is 2. The molecular weight excluding hydrogens is 266 g/mol. The van der Waals surface area contributed by atoms with E-state index in [1.165, 1.54) is 0 Å². The van der Waals surface area contributed by atoms with Gasteiger partial charge >= 0.3 is 0 Å². The Bertz CT molecular complexity index is 370. The summed E-state index contributed by atoms with van der Waals surface area (Å²) in [6, 6.07) is 0.138. The van der Waals surface area contributed by atoms with Crippen LogP contribution in [0, 0.1) is 5.92 Å². The summed E-state index contributed by atoms with van der Waals surface area (Å²) in [5.74, 6) is 0.399. The fourth-order valence-corrected chi connectivity index (χ4v) is 4.76. The first-order chi connectivity index (χ1) is 9.03. The van der Waals surface area contributed by atoms with E-state index in [1.807, 2.05) is 0 Å². The van der Waals surface area contributed by atoms with Gasteiger partial charge in [-0.2, -0.15) is 0 Å². The molecular formula is C13H25NO4S. The smallest absolute Gasteiger partial charge is 0.214 e. The fraction of sp³-hybridized carbons (Fsp3) is 1.00. The zero-order valence-corrected chi connectivity index (χ0v) is 12.7. The second-order valence-electron chi connectivity index (χ2n) is 5.69. The van der Waals surface area contributed by atoms with Crippen molar-refractivity contribution in [2.45, 2.75) is 44.2 Å². The average molecular weight is 291 g/mol. The molecule has 112 valence electrons. The van der Waals surface area contributed by atoms with Crippen molar-refractivity contribution in [1.82, 2.24) is 4.31 Å². The number of methoxy groups -OCH3 is 1. The molecule has 1 aliphatic carbocycles. The minimum atomic E-state index is -3.16. The maximum absolute atomic E-state index is 12.4. The number of hydrogen-bond donors (Lipinski definition) is 0. The Hall–Kier alpha value is -0.170. The van der Waals surface area contributed by atoms with Crippen molar-refractivity contribution in [3.63, 3.8) is 0 Å². The molecule has 0 aromatic heterocycles. The number of hydrogen-bond acceptors (Lipinski definition) is 4. The minimum absolute atomic E-state index is 0.138. The van der Waals surface area contributed by atoms with Crippen molar-refractivity contribution < 1.29 is 17.9 Å². The maximum Gasteiger partial charge on any atom is 0.214 e. The zero-order valence-electron chi connectivity index (χ0n) is 11.9. The van der Waals surface area contributed by atoms with Crippen LogP contribution in [0.1, 0.15) is 32.1 Å². The third-order valence-electron chi connectivity index (χ3n) is 4.40. The zero-order chi connectivity index (χ0) is 13.9. The molecule has 1 aliphatic heterocycles. The largest absolute Gasteiger partial charge is 0.381 e. The fourth-order valence-electron chi connectivity index (χ4n) is 3.00.